The van der Waals surface area contributed by atoms with Gasteiger partial charge >= 0.3 is 6.18 Å². The number of carbonyl (C=O) groups is 2. The first-order valence-corrected chi connectivity index (χ1v) is 9.30. The van der Waals surface area contributed by atoms with Gasteiger partial charge in [0.2, 0.25) is 5.91 Å². The number of nitrogens with one attached hydrogen (secondary N) is 2. The number of carbonyl (C=O) groups excluding carboxylic acids is 2. The second-order valence-electron chi connectivity index (χ2n) is 6.31. The number of anilines is 1. The Morgan fingerprint density at radius 2 is 1.96 bits per heavy atom. The molecule has 0 atom stereocenters. The van der Waals surface area contributed by atoms with Crippen molar-refractivity contribution in [2.24, 2.45) is 0 Å². The predicted octanol–water partition coefficient (Wildman–Crippen LogP) is 3.93. The van der Waals surface area contributed by atoms with Gasteiger partial charge in [0.05, 0.1) is 23.4 Å². The lowest BCUT2D eigenvalue weighted by molar-refractivity contribution is -0.137. The number of halogens is 3. The summed E-state index contributed by atoms with van der Waals surface area (Å²) >= 11 is 1.41. The Balaban J connectivity index is 1.76. The van der Waals surface area contributed by atoms with Gasteiger partial charge in [-0.05, 0) is 43.4 Å². The Morgan fingerprint density at radius 1 is 1.22 bits per heavy atom. The molecule has 144 valence electrons. The van der Waals surface area contributed by atoms with Crippen LogP contribution in [0.5, 0.6) is 0 Å². The summed E-state index contributed by atoms with van der Waals surface area (Å²) in [5, 5.41) is 5.93. The lowest BCUT2D eigenvalue weighted by Gasteiger charge is -2.13. The molecule has 3 rings (SSSR count). The van der Waals surface area contributed by atoms with Crippen molar-refractivity contribution in [3.05, 3.63) is 45.6 Å². The number of aryl methyl sites for hydroxylation is 1. The van der Waals surface area contributed by atoms with Crippen molar-refractivity contribution in [2.45, 2.75) is 45.3 Å². The molecule has 1 aliphatic rings. The van der Waals surface area contributed by atoms with Crippen molar-refractivity contribution in [3.63, 3.8) is 0 Å². The number of hydrogen-bond donors (Lipinski definition) is 2. The Bertz CT molecular complexity index is 860. The van der Waals surface area contributed by atoms with E-state index in [1.165, 1.54) is 24.3 Å². The van der Waals surface area contributed by atoms with Crippen molar-refractivity contribution in [1.29, 1.82) is 0 Å². The van der Waals surface area contributed by atoms with E-state index in [0.29, 0.717) is 16.3 Å². The molecule has 5 nitrogen and oxygen atoms in total. The van der Waals surface area contributed by atoms with Crippen LogP contribution >= 0.6 is 11.3 Å². The SMILES string of the molecule is CC(=O)Nc1sc2c(c1C(=O)NCc1ccc(C(F)(F)F)cn1)CCCC2. The van der Waals surface area contributed by atoms with Crippen LogP contribution in [-0.2, 0) is 30.4 Å². The highest BCUT2D eigenvalue weighted by atomic mass is 32.1. The van der Waals surface area contributed by atoms with E-state index in [-0.39, 0.29) is 18.4 Å². The second-order valence-corrected chi connectivity index (χ2v) is 7.42. The molecule has 2 heterocycles. The summed E-state index contributed by atoms with van der Waals surface area (Å²) in [5.74, 6) is -0.619. The highest BCUT2D eigenvalue weighted by Gasteiger charge is 2.30. The van der Waals surface area contributed by atoms with E-state index in [1.807, 2.05) is 0 Å². The summed E-state index contributed by atoms with van der Waals surface area (Å²) in [6, 6.07) is 2.17. The van der Waals surface area contributed by atoms with E-state index in [4.69, 9.17) is 0 Å². The van der Waals surface area contributed by atoms with Gasteiger partial charge in [0.1, 0.15) is 5.00 Å². The molecule has 2 aromatic heterocycles. The number of nitrogens with zero attached hydrogens (tertiary/aromatic N) is 1. The van der Waals surface area contributed by atoms with Crippen molar-refractivity contribution < 1.29 is 22.8 Å². The zero-order valence-corrected chi connectivity index (χ0v) is 15.4. The summed E-state index contributed by atoms with van der Waals surface area (Å²) in [7, 11) is 0. The number of thiophene rings is 1. The highest BCUT2D eigenvalue weighted by molar-refractivity contribution is 7.17. The van der Waals surface area contributed by atoms with Gasteiger partial charge in [0.15, 0.2) is 0 Å². The molecular weight excluding hydrogens is 379 g/mol. The summed E-state index contributed by atoms with van der Waals surface area (Å²) < 4.78 is 37.8. The first-order chi connectivity index (χ1) is 12.8. The molecule has 2 aromatic rings. The molecule has 0 aliphatic heterocycles. The predicted molar refractivity (Wildman–Crippen MR) is 95.7 cm³/mol. The van der Waals surface area contributed by atoms with E-state index in [9.17, 15) is 22.8 Å². The van der Waals surface area contributed by atoms with Crippen LogP contribution in [0.15, 0.2) is 18.3 Å². The van der Waals surface area contributed by atoms with E-state index >= 15 is 0 Å². The summed E-state index contributed by atoms with van der Waals surface area (Å²) in [6.07, 6.45) is -0.0327. The fourth-order valence-corrected chi connectivity index (χ4v) is 4.34. The summed E-state index contributed by atoms with van der Waals surface area (Å²) in [5.41, 5.74) is 0.892. The lowest BCUT2D eigenvalue weighted by Crippen LogP contribution is -2.25. The first-order valence-electron chi connectivity index (χ1n) is 8.48. The largest absolute Gasteiger partial charge is 0.417 e. The number of rotatable bonds is 4. The molecule has 0 spiro atoms. The van der Waals surface area contributed by atoms with Crippen LogP contribution in [0.3, 0.4) is 0 Å². The molecule has 0 aromatic carbocycles. The molecular formula is C18H18F3N3O2S. The average molecular weight is 397 g/mol. The van der Waals surface area contributed by atoms with Crippen LogP contribution in [0.2, 0.25) is 0 Å². The number of alkyl halides is 3. The van der Waals surface area contributed by atoms with Crippen molar-refractivity contribution in [2.75, 3.05) is 5.32 Å². The molecule has 0 saturated heterocycles. The van der Waals surface area contributed by atoms with E-state index in [2.05, 4.69) is 15.6 Å². The van der Waals surface area contributed by atoms with Crippen molar-refractivity contribution in [1.82, 2.24) is 10.3 Å². The zero-order valence-electron chi connectivity index (χ0n) is 14.6. The molecule has 0 bridgehead atoms. The second kappa shape index (κ2) is 7.67. The Morgan fingerprint density at radius 3 is 2.59 bits per heavy atom. The van der Waals surface area contributed by atoms with Crippen LogP contribution < -0.4 is 10.6 Å². The van der Waals surface area contributed by atoms with Gasteiger partial charge in [0, 0.05) is 18.0 Å². The summed E-state index contributed by atoms with van der Waals surface area (Å²) in [6.45, 7) is 1.38. The Hall–Kier alpha value is -2.42. The van der Waals surface area contributed by atoms with E-state index in [1.54, 1.807) is 0 Å². The molecule has 0 saturated carbocycles. The third kappa shape index (κ3) is 4.47. The van der Waals surface area contributed by atoms with Crippen LogP contribution in [0.4, 0.5) is 18.2 Å². The minimum absolute atomic E-state index is 0.00109. The van der Waals surface area contributed by atoms with Crippen LogP contribution in [0, 0.1) is 0 Å². The highest BCUT2D eigenvalue weighted by Crippen LogP contribution is 2.38. The normalized spacial score (nSPS) is 13.8. The monoisotopic (exact) mass is 397 g/mol. The average Bonchev–Trinajstić information content (AvgIpc) is 2.96. The van der Waals surface area contributed by atoms with E-state index < -0.39 is 11.7 Å². The number of aromatic nitrogens is 1. The van der Waals surface area contributed by atoms with Gasteiger partial charge in [-0.2, -0.15) is 13.2 Å². The molecule has 0 radical (unpaired) electrons. The molecule has 0 fully saturated rings. The standard InChI is InChI=1S/C18H18F3N3O2S/c1-10(25)24-17-15(13-4-2-3-5-14(13)27-17)16(26)23-9-12-7-6-11(8-22-12)18(19,20)21/h6-8H,2-5,9H2,1H3,(H,23,26)(H,24,25). The molecule has 0 unspecified atom stereocenters. The smallest absolute Gasteiger partial charge is 0.346 e. The third-order valence-corrected chi connectivity index (χ3v) is 5.48. The Kier molecular flexibility index (Phi) is 5.50. The zero-order chi connectivity index (χ0) is 19.6. The summed E-state index contributed by atoms with van der Waals surface area (Å²) in [4.78, 5) is 29.0. The van der Waals surface area contributed by atoms with Gasteiger partial charge in [-0.3, -0.25) is 14.6 Å². The first kappa shape index (κ1) is 19.3. The van der Waals surface area contributed by atoms with Crippen LogP contribution in [0.1, 0.15) is 51.8 Å². The van der Waals surface area contributed by atoms with E-state index in [0.717, 1.165) is 48.4 Å². The van der Waals surface area contributed by atoms with Gasteiger partial charge in [-0.15, -0.1) is 11.3 Å². The minimum Gasteiger partial charge on any atom is -0.346 e. The van der Waals surface area contributed by atoms with Crippen molar-refractivity contribution in [3.8, 4) is 0 Å². The number of fused-ring (bicyclic) bond motifs is 1. The fourth-order valence-electron chi connectivity index (χ4n) is 3.01. The molecule has 2 N–H and O–H groups in total. The lowest BCUT2D eigenvalue weighted by atomic mass is 9.95. The maximum atomic E-state index is 12.7. The number of hydrogen-bond acceptors (Lipinski definition) is 4. The maximum absolute atomic E-state index is 12.7. The number of pyridine rings is 1. The molecule has 1 aliphatic carbocycles. The maximum Gasteiger partial charge on any atom is 0.417 e. The van der Waals surface area contributed by atoms with Gasteiger partial charge < -0.3 is 10.6 Å². The molecule has 2 amide bonds. The van der Waals surface area contributed by atoms with Gasteiger partial charge in [0.25, 0.3) is 5.91 Å². The van der Waals surface area contributed by atoms with Crippen LogP contribution in [-0.4, -0.2) is 16.8 Å². The number of amides is 2. The topological polar surface area (TPSA) is 71.1 Å². The minimum atomic E-state index is -4.45. The molecule has 27 heavy (non-hydrogen) atoms. The quantitative estimate of drug-likeness (QED) is 0.821. The third-order valence-electron chi connectivity index (χ3n) is 4.27. The van der Waals surface area contributed by atoms with Crippen LogP contribution in [0.25, 0.3) is 0 Å². The van der Waals surface area contributed by atoms with Gasteiger partial charge in [-0.25, -0.2) is 0 Å². The molecule has 9 heteroatoms. The Labute approximate surface area is 158 Å². The fraction of sp³-hybridized carbons (Fsp3) is 0.389. The van der Waals surface area contributed by atoms with Gasteiger partial charge in [-0.1, -0.05) is 0 Å². The van der Waals surface area contributed by atoms with Crippen molar-refractivity contribution >= 4 is 28.2 Å².